The lowest BCUT2D eigenvalue weighted by molar-refractivity contribution is -0.870. The van der Waals surface area contributed by atoms with Gasteiger partial charge in [0.25, 0.3) is 0 Å². The van der Waals surface area contributed by atoms with E-state index in [1.165, 1.54) is 327 Å². The van der Waals surface area contributed by atoms with Crippen LogP contribution in [0.4, 0.5) is 0 Å². The molecule has 9 nitrogen and oxygen atoms in total. The highest BCUT2D eigenvalue weighted by atomic mass is 16.7. The van der Waals surface area contributed by atoms with E-state index in [-0.39, 0.29) is 32.2 Å². The molecule has 2 unspecified atom stereocenters. The molecule has 84 heavy (non-hydrogen) atoms. The summed E-state index contributed by atoms with van der Waals surface area (Å²) in [5, 5.41) is 11.8. The number of aliphatic carboxylic acids is 1. The Morgan fingerprint density at radius 2 is 0.607 bits per heavy atom. The van der Waals surface area contributed by atoms with Crippen LogP contribution in [0.1, 0.15) is 393 Å². The number of hydrogen-bond donors (Lipinski definition) is 0. The minimum absolute atomic E-state index is 0.153. The number of nitrogens with zero attached hydrogens (tertiary/aromatic N) is 1. The standard InChI is InChI=1S/C75H145NO8/c1-6-8-10-12-14-16-18-20-22-24-26-28-30-32-33-34-35-36-37-38-39-40-41-42-44-46-48-50-52-54-56-58-60-62-64-66-73(78)84-71(70-83-75(74(79)80)81-68-67-76(3,4)5)69-82-72(77)65-63-61-59-57-55-53-51-49-47-45-43-31-29-27-25-23-21-19-17-15-13-11-9-7-2/h24,26,71,75H,6-23,25,27-70H2,1-5H3/b26-24-. The van der Waals surface area contributed by atoms with E-state index in [2.05, 4.69) is 26.0 Å². The van der Waals surface area contributed by atoms with Crippen molar-refractivity contribution in [2.24, 2.45) is 0 Å². The summed E-state index contributed by atoms with van der Waals surface area (Å²) < 4.78 is 22.9. The van der Waals surface area contributed by atoms with Crippen LogP contribution >= 0.6 is 0 Å². The molecule has 0 N–H and O–H groups in total. The number of carbonyl (C=O) groups is 3. The van der Waals surface area contributed by atoms with E-state index in [4.69, 9.17) is 18.9 Å². The van der Waals surface area contributed by atoms with Crippen LogP contribution in [0.3, 0.4) is 0 Å². The lowest BCUT2D eigenvalue weighted by Crippen LogP contribution is -2.44. The zero-order valence-electron chi connectivity index (χ0n) is 57.1. The second kappa shape index (κ2) is 67.0. The van der Waals surface area contributed by atoms with Gasteiger partial charge in [-0.3, -0.25) is 9.59 Å². The molecule has 0 fully saturated rings. The number of carbonyl (C=O) groups excluding carboxylic acids is 3. The van der Waals surface area contributed by atoms with Crippen LogP contribution < -0.4 is 5.11 Å². The Morgan fingerprint density at radius 1 is 0.345 bits per heavy atom. The van der Waals surface area contributed by atoms with Gasteiger partial charge in [-0.1, -0.05) is 353 Å². The number of hydrogen-bond acceptors (Lipinski definition) is 8. The molecule has 0 radical (unpaired) electrons. The molecule has 0 rings (SSSR count). The van der Waals surface area contributed by atoms with Crippen LogP contribution in [0.25, 0.3) is 0 Å². The molecular formula is C75H145NO8. The minimum atomic E-state index is -1.62. The molecule has 0 saturated heterocycles. The summed E-state index contributed by atoms with van der Waals surface area (Å²) in [4.78, 5) is 37.5. The van der Waals surface area contributed by atoms with Crippen molar-refractivity contribution in [2.75, 3.05) is 47.5 Å². The molecule has 0 aliphatic carbocycles. The quantitative estimate of drug-likeness (QED) is 0.0195. The SMILES string of the molecule is CCCCCCCCCC/C=C\CCCCCCCCCCCCCCCCCCCCCCCCCC(=O)OC(COC(=O)CCCCCCCCCCCCCCCCCCCCCCCCCC)COC(OCC[N+](C)(C)C)C(=O)[O-]. The Balaban J connectivity index is 3.99. The Labute approximate surface area is 523 Å². The van der Waals surface area contributed by atoms with Crippen LogP contribution in [-0.2, 0) is 33.3 Å². The van der Waals surface area contributed by atoms with Crippen LogP contribution in [0.5, 0.6) is 0 Å². The molecule has 0 spiro atoms. The van der Waals surface area contributed by atoms with Crippen molar-refractivity contribution in [3.8, 4) is 0 Å². The van der Waals surface area contributed by atoms with Crippen LogP contribution in [0.15, 0.2) is 12.2 Å². The van der Waals surface area contributed by atoms with Crippen molar-refractivity contribution in [1.82, 2.24) is 0 Å². The van der Waals surface area contributed by atoms with E-state index in [9.17, 15) is 19.5 Å². The number of likely N-dealkylation sites (N-methyl/N-ethyl adjacent to an activating group) is 1. The van der Waals surface area contributed by atoms with E-state index in [1.54, 1.807) is 0 Å². The maximum absolute atomic E-state index is 12.9. The van der Waals surface area contributed by atoms with Gasteiger partial charge in [-0.05, 0) is 38.5 Å². The number of unbranched alkanes of at least 4 members (excludes halogenated alkanes) is 54. The topological polar surface area (TPSA) is 111 Å². The van der Waals surface area contributed by atoms with Gasteiger partial charge in [0, 0.05) is 12.8 Å². The first-order chi connectivity index (χ1) is 41.1. The average molecular weight is 1190 g/mol. The minimum Gasteiger partial charge on any atom is -0.545 e. The summed E-state index contributed by atoms with van der Waals surface area (Å²) in [6.07, 6.45) is 78.9. The molecule has 9 heteroatoms. The van der Waals surface area contributed by atoms with E-state index in [1.807, 2.05) is 21.1 Å². The highest BCUT2D eigenvalue weighted by Gasteiger charge is 2.22. The first-order valence-electron chi connectivity index (χ1n) is 37.3. The molecule has 0 aromatic carbocycles. The summed E-state index contributed by atoms with van der Waals surface area (Å²) in [6.45, 7) is 4.84. The lowest BCUT2D eigenvalue weighted by Gasteiger charge is -2.26. The van der Waals surface area contributed by atoms with E-state index in [0.717, 1.165) is 38.5 Å². The Hall–Kier alpha value is -1.97. The average Bonchev–Trinajstić information content (AvgIpc) is 3.55. The summed E-state index contributed by atoms with van der Waals surface area (Å²) in [6, 6.07) is 0. The van der Waals surface area contributed by atoms with Gasteiger partial charge >= 0.3 is 11.9 Å². The van der Waals surface area contributed by atoms with Crippen molar-refractivity contribution < 1.29 is 42.9 Å². The largest absolute Gasteiger partial charge is 0.545 e. The predicted octanol–water partition coefficient (Wildman–Crippen LogP) is 21.9. The molecule has 0 aromatic heterocycles. The smallest absolute Gasteiger partial charge is 0.306 e. The Kier molecular flexibility index (Phi) is 65.4. The number of ether oxygens (including phenoxy) is 4. The number of rotatable bonds is 71. The van der Waals surface area contributed by atoms with Gasteiger partial charge < -0.3 is 33.3 Å². The summed E-state index contributed by atoms with van der Waals surface area (Å²) in [5.74, 6) is -2.24. The molecule has 0 saturated carbocycles. The summed E-state index contributed by atoms with van der Waals surface area (Å²) in [7, 11) is 5.95. The molecule has 2 atom stereocenters. The highest BCUT2D eigenvalue weighted by Crippen LogP contribution is 2.20. The normalized spacial score (nSPS) is 12.6. The molecule has 0 aliphatic rings. The van der Waals surface area contributed by atoms with Crippen LogP contribution in [0, 0.1) is 0 Å². The summed E-state index contributed by atoms with van der Waals surface area (Å²) in [5.41, 5.74) is 0. The predicted molar refractivity (Wildman–Crippen MR) is 357 cm³/mol. The number of carboxylic acids is 1. The maximum atomic E-state index is 12.9. The maximum Gasteiger partial charge on any atom is 0.306 e. The number of allylic oxidation sites excluding steroid dienone is 2. The monoisotopic (exact) mass is 1190 g/mol. The zero-order valence-corrected chi connectivity index (χ0v) is 57.1. The first kappa shape index (κ1) is 82.0. The van der Waals surface area contributed by atoms with Gasteiger partial charge in [0.2, 0.25) is 0 Å². The van der Waals surface area contributed by atoms with Crippen molar-refractivity contribution in [1.29, 1.82) is 0 Å². The number of quaternary nitrogens is 1. The van der Waals surface area contributed by atoms with Gasteiger partial charge in [0.05, 0.1) is 40.3 Å². The van der Waals surface area contributed by atoms with Crippen molar-refractivity contribution in [3.05, 3.63) is 12.2 Å². The van der Waals surface area contributed by atoms with Gasteiger partial charge in [0.15, 0.2) is 12.4 Å². The van der Waals surface area contributed by atoms with Gasteiger partial charge in [-0.15, -0.1) is 0 Å². The Morgan fingerprint density at radius 3 is 0.881 bits per heavy atom. The second-order valence-corrected chi connectivity index (χ2v) is 27.0. The molecule has 0 heterocycles. The highest BCUT2D eigenvalue weighted by molar-refractivity contribution is 5.70. The van der Waals surface area contributed by atoms with Gasteiger partial charge in [-0.2, -0.15) is 0 Å². The summed E-state index contributed by atoms with van der Waals surface area (Å²) >= 11 is 0. The molecule has 0 aliphatic heterocycles. The third kappa shape index (κ3) is 67.5. The van der Waals surface area contributed by atoms with E-state index < -0.39 is 24.3 Å². The molecule has 0 bridgehead atoms. The second-order valence-electron chi connectivity index (χ2n) is 27.0. The van der Waals surface area contributed by atoms with E-state index in [0.29, 0.717) is 17.4 Å². The number of esters is 2. The van der Waals surface area contributed by atoms with Crippen molar-refractivity contribution in [2.45, 2.75) is 405 Å². The fourth-order valence-electron chi connectivity index (χ4n) is 11.5. The molecule has 498 valence electrons. The lowest BCUT2D eigenvalue weighted by atomic mass is 10.0. The fourth-order valence-corrected chi connectivity index (χ4v) is 11.5. The van der Waals surface area contributed by atoms with Gasteiger partial charge in [-0.25, -0.2) is 0 Å². The third-order valence-corrected chi connectivity index (χ3v) is 17.3. The third-order valence-electron chi connectivity index (χ3n) is 17.3. The zero-order chi connectivity index (χ0) is 61.2. The van der Waals surface area contributed by atoms with Crippen LogP contribution in [-0.4, -0.2) is 82.3 Å². The fraction of sp³-hybridized carbons (Fsp3) is 0.933. The number of carboxylic acid groups (broad SMARTS) is 1. The van der Waals surface area contributed by atoms with E-state index >= 15 is 0 Å². The van der Waals surface area contributed by atoms with Crippen LogP contribution in [0.2, 0.25) is 0 Å². The van der Waals surface area contributed by atoms with Gasteiger partial charge in [0.1, 0.15) is 13.2 Å². The Bertz CT molecular complexity index is 1380. The molecule has 0 aromatic rings. The first-order valence-corrected chi connectivity index (χ1v) is 37.3. The molecule has 0 amide bonds. The molecular weight excluding hydrogens is 1040 g/mol. The van der Waals surface area contributed by atoms with Crippen molar-refractivity contribution >= 4 is 17.9 Å². The van der Waals surface area contributed by atoms with Crippen molar-refractivity contribution in [3.63, 3.8) is 0 Å².